The van der Waals surface area contributed by atoms with Gasteiger partial charge in [0.2, 0.25) is 0 Å². The lowest BCUT2D eigenvalue weighted by Gasteiger charge is -2.39. The van der Waals surface area contributed by atoms with E-state index in [1.165, 1.54) is 18.9 Å². The van der Waals surface area contributed by atoms with Gasteiger partial charge in [0.25, 0.3) is 0 Å². The molecule has 1 aliphatic rings. The molecule has 2 rings (SSSR count). The van der Waals surface area contributed by atoms with Crippen LogP contribution >= 0.6 is 11.6 Å². The average Bonchev–Trinajstić information content (AvgIpc) is 2.42. The molecule has 19 heavy (non-hydrogen) atoms. The van der Waals surface area contributed by atoms with Crippen molar-refractivity contribution in [3.8, 4) is 0 Å². The zero-order chi connectivity index (χ0) is 13.9. The van der Waals surface area contributed by atoms with Crippen molar-refractivity contribution in [3.63, 3.8) is 0 Å². The summed E-state index contributed by atoms with van der Waals surface area (Å²) in [7, 11) is 0. The maximum atomic E-state index is 13.3. The Bertz CT molecular complexity index is 425. The van der Waals surface area contributed by atoms with Crippen LogP contribution in [-0.4, -0.2) is 11.4 Å². The van der Waals surface area contributed by atoms with E-state index in [9.17, 15) is 4.39 Å². The molecule has 1 fully saturated rings. The molecule has 1 nitrogen and oxygen atoms in total. The topological polar surface area (TPSA) is 12.0 Å². The number of rotatable bonds is 4. The number of halogens is 2. The zero-order valence-electron chi connectivity index (χ0n) is 11.8. The molecule has 1 N–H and O–H groups in total. The van der Waals surface area contributed by atoms with E-state index >= 15 is 0 Å². The number of alkyl halides is 1. The Balaban J connectivity index is 2.01. The Morgan fingerprint density at radius 3 is 2.68 bits per heavy atom. The standard InChI is InChI=1S/C16H23ClFN/c1-12-5-7-16(11-17,8-6-12)19-10-14-9-15(18)4-3-13(14)2/h3-4,9,12,19H,5-8,10-11H2,1-2H3. The molecule has 0 spiro atoms. The van der Waals surface area contributed by atoms with Crippen LogP contribution in [0.25, 0.3) is 0 Å². The van der Waals surface area contributed by atoms with Crippen molar-refractivity contribution >= 4 is 11.6 Å². The lowest BCUT2D eigenvalue weighted by atomic mass is 9.78. The first-order valence-electron chi connectivity index (χ1n) is 7.11. The summed E-state index contributed by atoms with van der Waals surface area (Å²) in [6.07, 6.45) is 4.68. The molecule has 1 aromatic carbocycles. The first kappa shape index (κ1) is 14.8. The third kappa shape index (κ3) is 3.70. The number of nitrogens with one attached hydrogen (secondary N) is 1. The predicted molar refractivity (Wildman–Crippen MR) is 79.1 cm³/mol. The van der Waals surface area contributed by atoms with Gasteiger partial charge in [0.05, 0.1) is 0 Å². The normalized spacial score (nSPS) is 27.5. The minimum Gasteiger partial charge on any atom is -0.306 e. The van der Waals surface area contributed by atoms with Crippen molar-refractivity contribution in [3.05, 3.63) is 35.1 Å². The van der Waals surface area contributed by atoms with E-state index in [2.05, 4.69) is 12.2 Å². The van der Waals surface area contributed by atoms with E-state index in [1.54, 1.807) is 6.07 Å². The van der Waals surface area contributed by atoms with E-state index in [0.717, 1.165) is 29.9 Å². The Labute approximate surface area is 120 Å². The summed E-state index contributed by atoms with van der Waals surface area (Å²) in [4.78, 5) is 0. The Morgan fingerprint density at radius 2 is 2.05 bits per heavy atom. The van der Waals surface area contributed by atoms with Gasteiger partial charge in [-0.15, -0.1) is 11.6 Å². The van der Waals surface area contributed by atoms with Crippen molar-refractivity contribution in [2.24, 2.45) is 5.92 Å². The fourth-order valence-electron chi connectivity index (χ4n) is 2.79. The minimum atomic E-state index is -0.167. The SMILES string of the molecule is Cc1ccc(F)cc1CNC1(CCl)CCC(C)CC1. The Morgan fingerprint density at radius 1 is 1.37 bits per heavy atom. The molecule has 0 aromatic heterocycles. The molecule has 0 unspecified atom stereocenters. The number of benzene rings is 1. The molecule has 106 valence electrons. The lowest BCUT2D eigenvalue weighted by Crippen LogP contribution is -2.49. The van der Waals surface area contributed by atoms with Gasteiger partial charge in [-0.1, -0.05) is 13.0 Å². The maximum absolute atomic E-state index is 13.3. The van der Waals surface area contributed by atoms with Gasteiger partial charge in [0.1, 0.15) is 5.82 Å². The van der Waals surface area contributed by atoms with Crippen LogP contribution < -0.4 is 5.32 Å². The number of hydrogen-bond donors (Lipinski definition) is 1. The van der Waals surface area contributed by atoms with Crippen molar-refractivity contribution in [2.75, 3.05) is 5.88 Å². The molecule has 0 heterocycles. The molecule has 0 bridgehead atoms. The lowest BCUT2D eigenvalue weighted by molar-refractivity contribution is 0.216. The summed E-state index contributed by atoms with van der Waals surface area (Å²) in [6, 6.07) is 4.97. The molecule has 1 saturated carbocycles. The van der Waals surface area contributed by atoms with Crippen LogP contribution in [0.15, 0.2) is 18.2 Å². The largest absolute Gasteiger partial charge is 0.306 e. The van der Waals surface area contributed by atoms with E-state index in [1.807, 2.05) is 13.0 Å². The van der Waals surface area contributed by atoms with Gasteiger partial charge in [0, 0.05) is 18.0 Å². The average molecular weight is 284 g/mol. The van der Waals surface area contributed by atoms with E-state index in [0.29, 0.717) is 12.4 Å². The molecule has 0 saturated heterocycles. The molecular formula is C16H23ClFN. The molecule has 0 amide bonds. The Kier molecular flexibility index (Phi) is 4.86. The fourth-order valence-corrected chi connectivity index (χ4v) is 3.15. The highest BCUT2D eigenvalue weighted by Crippen LogP contribution is 2.33. The van der Waals surface area contributed by atoms with Gasteiger partial charge in [-0.3, -0.25) is 0 Å². The fraction of sp³-hybridized carbons (Fsp3) is 0.625. The second-order valence-electron chi connectivity index (χ2n) is 6.02. The minimum absolute atomic E-state index is 0.0345. The van der Waals surface area contributed by atoms with Gasteiger partial charge in [-0.25, -0.2) is 4.39 Å². The van der Waals surface area contributed by atoms with E-state index < -0.39 is 0 Å². The van der Waals surface area contributed by atoms with Crippen LogP contribution in [0.5, 0.6) is 0 Å². The molecule has 0 aliphatic heterocycles. The van der Waals surface area contributed by atoms with Crippen LogP contribution in [0.2, 0.25) is 0 Å². The van der Waals surface area contributed by atoms with Crippen LogP contribution in [0.3, 0.4) is 0 Å². The summed E-state index contributed by atoms with van der Waals surface area (Å²) in [5.41, 5.74) is 2.19. The third-order valence-electron chi connectivity index (χ3n) is 4.45. The zero-order valence-corrected chi connectivity index (χ0v) is 12.6. The van der Waals surface area contributed by atoms with Crippen molar-refractivity contribution in [1.82, 2.24) is 5.32 Å². The number of hydrogen-bond acceptors (Lipinski definition) is 1. The summed E-state index contributed by atoms with van der Waals surface area (Å²) in [6.45, 7) is 5.02. The highest BCUT2D eigenvalue weighted by molar-refractivity contribution is 6.18. The highest BCUT2D eigenvalue weighted by atomic mass is 35.5. The molecule has 3 heteroatoms. The summed E-state index contributed by atoms with van der Waals surface area (Å²) in [5, 5.41) is 3.59. The van der Waals surface area contributed by atoms with Crippen LogP contribution in [-0.2, 0) is 6.54 Å². The van der Waals surface area contributed by atoms with Gasteiger partial charge >= 0.3 is 0 Å². The van der Waals surface area contributed by atoms with Gasteiger partial charge in [-0.05, 0) is 61.8 Å². The number of aryl methyl sites for hydroxylation is 1. The van der Waals surface area contributed by atoms with Crippen molar-refractivity contribution in [1.29, 1.82) is 0 Å². The molecule has 1 aliphatic carbocycles. The third-order valence-corrected chi connectivity index (χ3v) is 4.96. The van der Waals surface area contributed by atoms with Crippen molar-refractivity contribution < 1.29 is 4.39 Å². The van der Waals surface area contributed by atoms with Crippen LogP contribution in [0.4, 0.5) is 4.39 Å². The van der Waals surface area contributed by atoms with Crippen LogP contribution in [0, 0.1) is 18.7 Å². The monoisotopic (exact) mass is 283 g/mol. The predicted octanol–water partition coefficient (Wildman–Crippen LogP) is 4.41. The molecule has 1 aromatic rings. The smallest absolute Gasteiger partial charge is 0.123 e. The Hall–Kier alpha value is -0.600. The quantitative estimate of drug-likeness (QED) is 0.807. The maximum Gasteiger partial charge on any atom is 0.123 e. The molecule has 0 radical (unpaired) electrons. The van der Waals surface area contributed by atoms with Gasteiger partial charge in [0.15, 0.2) is 0 Å². The van der Waals surface area contributed by atoms with E-state index in [4.69, 9.17) is 11.6 Å². The first-order valence-corrected chi connectivity index (χ1v) is 7.64. The van der Waals surface area contributed by atoms with Gasteiger partial charge in [-0.2, -0.15) is 0 Å². The second-order valence-corrected chi connectivity index (χ2v) is 6.29. The molecule has 0 atom stereocenters. The summed E-state index contributed by atoms with van der Waals surface area (Å²) < 4.78 is 13.3. The summed E-state index contributed by atoms with van der Waals surface area (Å²) in [5.74, 6) is 1.27. The van der Waals surface area contributed by atoms with Crippen molar-refractivity contribution in [2.45, 2.75) is 51.6 Å². The highest BCUT2D eigenvalue weighted by Gasteiger charge is 2.32. The second kappa shape index (κ2) is 6.23. The van der Waals surface area contributed by atoms with Crippen LogP contribution in [0.1, 0.15) is 43.7 Å². The first-order chi connectivity index (χ1) is 9.04. The van der Waals surface area contributed by atoms with Gasteiger partial charge < -0.3 is 5.32 Å². The molecular weight excluding hydrogens is 261 g/mol. The van der Waals surface area contributed by atoms with E-state index in [-0.39, 0.29) is 11.4 Å². The summed E-state index contributed by atoms with van der Waals surface area (Å²) >= 11 is 6.19.